The van der Waals surface area contributed by atoms with E-state index >= 15 is 0 Å². The number of nitrogens with one attached hydrogen (secondary N) is 2. The van der Waals surface area contributed by atoms with Gasteiger partial charge >= 0.3 is 0 Å². The molecule has 0 fully saturated rings. The Morgan fingerprint density at radius 1 is 1.04 bits per heavy atom. The first-order valence-corrected chi connectivity index (χ1v) is 8.82. The highest BCUT2D eigenvalue weighted by molar-refractivity contribution is 6.33. The number of rotatable bonds is 6. The third-order valence-electron chi connectivity index (χ3n) is 4.08. The van der Waals surface area contributed by atoms with Gasteiger partial charge < -0.3 is 15.5 Å². The van der Waals surface area contributed by atoms with Crippen LogP contribution in [-0.2, 0) is 11.3 Å². The third kappa shape index (κ3) is 5.31. The summed E-state index contributed by atoms with van der Waals surface area (Å²) in [5.74, 6) is -0.794. The highest BCUT2D eigenvalue weighted by Gasteiger charge is 2.21. The second-order valence-corrected chi connectivity index (χ2v) is 6.55. The summed E-state index contributed by atoms with van der Waals surface area (Å²) in [6, 6.07) is 13.0. The van der Waals surface area contributed by atoms with Gasteiger partial charge in [-0.05, 0) is 36.8 Å². The maximum Gasteiger partial charge on any atom is 0.253 e. The standard InChI is InChI=1S/C20H22ClN3O3/c1-13(23-19(26)16-6-4-5-7-17(16)21)20(27)24(3)12-14-8-10-15(11-9-14)18(25)22-2/h4-11,13H,12H2,1-3H3,(H,22,25)(H,23,26)/t13-/m0/s1. The van der Waals surface area contributed by atoms with E-state index < -0.39 is 11.9 Å². The van der Waals surface area contributed by atoms with E-state index in [9.17, 15) is 14.4 Å². The van der Waals surface area contributed by atoms with Gasteiger partial charge in [0, 0.05) is 26.2 Å². The molecule has 0 aromatic heterocycles. The lowest BCUT2D eigenvalue weighted by atomic mass is 10.1. The molecule has 27 heavy (non-hydrogen) atoms. The van der Waals surface area contributed by atoms with Crippen molar-refractivity contribution in [2.75, 3.05) is 14.1 Å². The minimum atomic E-state index is -0.705. The van der Waals surface area contributed by atoms with Gasteiger partial charge in [0.1, 0.15) is 6.04 Å². The predicted octanol–water partition coefficient (Wildman–Crippen LogP) is 2.48. The van der Waals surface area contributed by atoms with E-state index in [1.54, 1.807) is 69.6 Å². The van der Waals surface area contributed by atoms with E-state index in [2.05, 4.69) is 10.6 Å². The normalized spacial score (nSPS) is 11.4. The van der Waals surface area contributed by atoms with Gasteiger partial charge in [-0.3, -0.25) is 14.4 Å². The van der Waals surface area contributed by atoms with Crippen molar-refractivity contribution in [3.05, 3.63) is 70.2 Å². The molecule has 0 aliphatic carbocycles. The smallest absolute Gasteiger partial charge is 0.253 e. The molecule has 0 radical (unpaired) electrons. The zero-order valence-electron chi connectivity index (χ0n) is 15.5. The van der Waals surface area contributed by atoms with Crippen molar-refractivity contribution in [3.63, 3.8) is 0 Å². The van der Waals surface area contributed by atoms with Crippen molar-refractivity contribution < 1.29 is 14.4 Å². The van der Waals surface area contributed by atoms with Crippen molar-refractivity contribution in [2.45, 2.75) is 19.5 Å². The van der Waals surface area contributed by atoms with E-state index in [4.69, 9.17) is 11.6 Å². The number of carbonyl (C=O) groups excluding carboxylic acids is 3. The monoisotopic (exact) mass is 387 g/mol. The fourth-order valence-electron chi connectivity index (χ4n) is 2.57. The molecule has 3 amide bonds. The van der Waals surface area contributed by atoms with Crippen molar-refractivity contribution in [3.8, 4) is 0 Å². The molecule has 142 valence electrons. The molecule has 1 atom stereocenters. The second kappa shape index (κ2) is 9.19. The SMILES string of the molecule is CNC(=O)c1ccc(CN(C)C(=O)[C@H](C)NC(=O)c2ccccc2Cl)cc1. The maximum absolute atomic E-state index is 12.5. The Balaban J connectivity index is 1.96. The Labute approximate surface area is 163 Å². The summed E-state index contributed by atoms with van der Waals surface area (Å²) in [5, 5.41) is 5.56. The average molecular weight is 388 g/mol. The van der Waals surface area contributed by atoms with Crippen LogP contribution < -0.4 is 10.6 Å². The number of amides is 3. The molecule has 0 aliphatic heterocycles. The predicted molar refractivity (Wildman–Crippen MR) is 105 cm³/mol. The number of nitrogens with zero attached hydrogens (tertiary/aromatic N) is 1. The van der Waals surface area contributed by atoms with Gasteiger partial charge in [0.25, 0.3) is 11.8 Å². The summed E-state index contributed by atoms with van der Waals surface area (Å²) >= 11 is 6.01. The van der Waals surface area contributed by atoms with Gasteiger partial charge in [0.15, 0.2) is 0 Å². The van der Waals surface area contributed by atoms with E-state index in [1.165, 1.54) is 4.90 Å². The molecule has 2 N–H and O–H groups in total. The molecular formula is C20H22ClN3O3. The van der Waals surface area contributed by atoms with E-state index in [0.29, 0.717) is 22.7 Å². The van der Waals surface area contributed by atoms with Crippen LogP contribution in [0.15, 0.2) is 48.5 Å². The molecule has 0 unspecified atom stereocenters. The topological polar surface area (TPSA) is 78.5 Å². The van der Waals surface area contributed by atoms with Crippen LogP contribution in [0.25, 0.3) is 0 Å². The first-order chi connectivity index (χ1) is 12.8. The zero-order valence-corrected chi connectivity index (χ0v) is 16.2. The summed E-state index contributed by atoms with van der Waals surface area (Å²) in [6.45, 7) is 1.99. The lowest BCUT2D eigenvalue weighted by Crippen LogP contribution is -2.45. The van der Waals surface area contributed by atoms with Crippen LogP contribution in [0.3, 0.4) is 0 Å². The number of benzene rings is 2. The van der Waals surface area contributed by atoms with Gasteiger partial charge in [-0.1, -0.05) is 35.9 Å². The fourth-order valence-corrected chi connectivity index (χ4v) is 2.79. The van der Waals surface area contributed by atoms with Gasteiger partial charge in [-0.25, -0.2) is 0 Å². The van der Waals surface area contributed by atoms with Crippen LogP contribution in [0.5, 0.6) is 0 Å². The highest BCUT2D eigenvalue weighted by Crippen LogP contribution is 2.15. The lowest BCUT2D eigenvalue weighted by molar-refractivity contribution is -0.132. The van der Waals surface area contributed by atoms with Crippen molar-refractivity contribution >= 4 is 29.3 Å². The summed E-state index contributed by atoms with van der Waals surface area (Å²) in [6.07, 6.45) is 0. The van der Waals surface area contributed by atoms with Crippen molar-refractivity contribution in [1.82, 2.24) is 15.5 Å². The van der Waals surface area contributed by atoms with Crippen LogP contribution in [0.2, 0.25) is 5.02 Å². The molecule has 0 aliphatic rings. The minimum absolute atomic E-state index is 0.165. The molecule has 7 heteroatoms. The molecule has 2 rings (SSSR count). The van der Waals surface area contributed by atoms with Gasteiger partial charge in [-0.2, -0.15) is 0 Å². The Kier molecular flexibility index (Phi) is 6.96. The number of carbonyl (C=O) groups is 3. The van der Waals surface area contributed by atoms with E-state index in [0.717, 1.165) is 5.56 Å². The fraction of sp³-hybridized carbons (Fsp3) is 0.250. The second-order valence-electron chi connectivity index (χ2n) is 6.15. The van der Waals surface area contributed by atoms with Gasteiger partial charge in [0.2, 0.25) is 5.91 Å². The highest BCUT2D eigenvalue weighted by atomic mass is 35.5. The van der Waals surface area contributed by atoms with Gasteiger partial charge in [0.05, 0.1) is 10.6 Å². The minimum Gasteiger partial charge on any atom is -0.355 e. The van der Waals surface area contributed by atoms with Crippen LogP contribution in [0.1, 0.15) is 33.2 Å². The first-order valence-electron chi connectivity index (χ1n) is 8.45. The molecular weight excluding hydrogens is 366 g/mol. The number of likely N-dealkylation sites (N-methyl/N-ethyl adjacent to an activating group) is 1. The van der Waals surface area contributed by atoms with Crippen molar-refractivity contribution in [1.29, 1.82) is 0 Å². The lowest BCUT2D eigenvalue weighted by Gasteiger charge is -2.22. The molecule has 2 aromatic carbocycles. The van der Waals surface area contributed by atoms with Crippen molar-refractivity contribution in [2.24, 2.45) is 0 Å². The molecule has 0 saturated carbocycles. The first kappa shape index (κ1) is 20.5. The van der Waals surface area contributed by atoms with E-state index in [1.807, 2.05) is 0 Å². The maximum atomic E-state index is 12.5. The summed E-state index contributed by atoms with van der Waals surface area (Å²) in [5.41, 5.74) is 1.75. The Morgan fingerprint density at radius 2 is 1.67 bits per heavy atom. The molecule has 0 saturated heterocycles. The molecule has 6 nitrogen and oxygen atoms in total. The van der Waals surface area contributed by atoms with Crippen LogP contribution >= 0.6 is 11.6 Å². The van der Waals surface area contributed by atoms with Crippen LogP contribution in [-0.4, -0.2) is 42.8 Å². The zero-order chi connectivity index (χ0) is 20.0. The average Bonchev–Trinajstić information content (AvgIpc) is 2.67. The quantitative estimate of drug-likeness (QED) is 0.799. The Morgan fingerprint density at radius 3 is 2.26 bits per heavy atom. The number of hydrogen-bond donors (Lipinski definition) is 2. The summed E-state index contributed by atoms with van der Waals surface area (Å²) in [7, 11) is 3.23. The molecule has 2 aromatic rings. The Bertz CT molecular complexity index is 837. The number of halogens is 1. The van der Waals surface area contributed by atoms with Crippen LogP contribution in [0.4, 0.5) is 0 Å². The van der Waals surface area contributed by atoms with Crippen LogP contribution in [0, 0.1) is 0 Å². The van der Waals surface area contributed by atoms with E-state index in [-0.39, 0.29) is 11.8 Å². The van der Waals surface area contributed by atoms with Gasteiger partial charge in [-0.15, -0.1) is 0 Å². The Hall–Kier alpha value is -2.86. The molecule has 0 spiro atoms. The summed E-state index contributed by atoms with van der Waals surface area (Å²) in [4.78, 5) is 37.9. The third-order valence-corrected chi connectivity index (χ3v) is 4.41. The molecule has 0 bridgehead atoms. The molecule has 0 heterocycles. The summed E-state index contributed by atoms with van der Waals surface area (Å²) < 4.78 is 0. The largest absolute Gasteiger partial charge is 0.355 e. The number of hydrogen-bond acceptors (Lipinski definition) is 3.